The van der Waals surface area contributed by atoms with Gasteiger partial charge in [0.15, 0.2) is 0 Å². The second kappa shape index (κ2) is 8.84. The van der Waals surface area contributed by atoms with Crippen molar-refractivity contribution in [1.82, 2.24) is 4.90 Å². The van der Waals surface area contributed by atoms with Gasteiger partial charge in [0.2, 0.25) is 0 Å². The molecule has 0 atom stereocenters. The smallest absolute Gasteiger partial charge is 0.309 e. The van der Waals surface area contributed by atoms with Crippen LogP contribution in [0.2, 0.25) is 0 Å². The standard InChI is InChI=1S/C22H33NO2/c1-17(2)19-8-10-21(11-9-19)25-22(24)20-12-14-23(15-13-20)16-18-6-4-3-5-7-18/h3-7,17,19-21H,8-16H2,1-2H3. The Morgan fingerprint density at radius 3 is 2.28 bits per heavy atom. The van der Waals surface area contributed by atoms with Crippen molar-refractivity contribution in [2.45, 2.75) is 65.0 Å². The molecule has 0 amide bonds. The van der Waals surface area contributed by atoms with E-state index in [-0.39, 0.29) is 18.0 Å². The van der Waals surface area contributed by atoms with Gasteiger partial charge in [0.05, 0.1) is 5.92 Å². The number of hydrogen-bond acceptors (Lipinski definition) is 3. The molecule has 1 saturated carbocycles. The third-order valence-electron chi connectivity index (χ3n) is 6.11. The molecule has 0 N–H and O–H groups in total. The Balaban J connectivity index is 1.38. The Labute approximate surface area is 152 Å². The monoisotopic (exact) mass is 343 g/mol. The van der Waals surface area contributed by atoms with Gasteiger partial charge in [0, 0.05) is 6.54 Å². The number of carbonyl (C=O) groups excluding carboxylic acids is 1. The third kappa shape index (κ3) is 5.31. The average Bonchev–Trinajstić information content (AvgIpc) is 2.63. The molecule has 0 radical (unpaired) electrons. The van der Waals surface area contributed by atoms with Gasteiger partial charge >= 0.3 is 5.97 Å². The minimum atomic E-state index is 0.0624. The van der Waals surface area contributed by atoms with Gasteiger partial charge in [-0.05, 0) is 69.0 Å². The molecule has 138 valence electrons. The van der Waals surface area contributed by atoms with Crippen LogP contribution in [0.15, 0.2) is 30.3 Å². The molecule has 3 nitrogen and oxygen atoms in total. The number of nitrogens with zero attached hydrogens (tertiary/aromatic N) is 1. The van der Waals surface area contributed by atoms with Crippen molar-refractivity contribution in [2.75, 3.05) is 13.1 Å². The number of benzene rings is 1. The van der Waals surface area contributed by atoms with Crippen molar-refractivity contribution >= 4 is 5.97 Å². The van der Waals surface area contributed by atoms with Crippen LogP contribution in [-0.2, 0) is 16.1 Å². The van der Waals surface area contributed by atoms with Gasteiger partial charge in [-0.3, -0.25) is 9.69 Å². The van der Waals surface area contributed by atoms with Gasteiger partial charge in [-0.1, -0.05) is 44.2 Å². The van der Waals surface area contributed by atoms with Crippen molar-refractivity contribution in [3.05, 3.63) is 35.9 Å². The Kier molecular flexibility index (Phi) is 6.52. The molecular weight excluding hydrogens is 310 g/mol. The summed E-state index contributed by atoms with van der Waals surface area (Å²) in [5.74, 6) is 1.74. The van der Waals surface area contributed by atoms with Crippen LogP contribution >= 0.6 is 0 Å². The fourth-order valence-electron chi connectivity index (χ4n) is 4.30. The van der Waals surface area contributed by atoms with E-state index in [9.17, 15) is 4.79 Å². The van der Waals surface area contributed by atoms with E-state index in [1.54, 1.807) is 0 Å². The zero-order valence-electron chi connectivity index (χ0n) is 15.8. The summed E-state index contributed by atoms with van der Waals surface area (Å²) in [7, 11) is 0. The first-order valence-corrected chi connectivity index (χ1v) is 10.1. The molecule has 1 aliphatic heterocycles. The molecule has 0 bridgehead atoms. The van der Waals surface area contributed by atoms with E-state index < -0.39 is 0 Å². The quantitative estimate of drug-likeness (QED) is 0.729. The van der Waals surface area contributed by atoms with Crippen LogP contribution in [0.4, 0.5) is 0 Å². The summed E-state index contributed by atoms with van der Waals surface area (Å²) in [4.78, 5) is 15.0. The number of hydrogen-bond donors (Lipinski definition) is 0. The van der Waals surface area contributed by atoms with E-state index in [1.807, 2.05) is 0 Å². The van der Waals surface area contributed by atoms with Gasteiger partial charge in [0.1, 0.15) is 6.10 Å². The van der Waals surface area contributed by atoms with Crippen molar-refractivity contribution in [2.24, 2.45) is 17.8 Å². The molecule has 0 spiro atoms. The fraction of sp³-hybridized carbons (Fsp3) is 0.682. The largest absolute Gasteiger partial charge is 0.462 e. The molecule has 1 aromatic carbocycles. The highest BCUT2D eigenvalue weighted by Crippen LogP contribution is 2.32. The minimum absolute atomic E-state index is 0.0624. The van der Waals surface area contributed by atoms with Gasteiger partial charge in [-0.2, -0.15) is 0 Å². The molecule has 1 saturated heterocycles. The lowest BCUT2D eigenvalue weighted by molar-refractivity contribution is -0.157. The van der Waals surface area contributed by atoms with E-state index in [1.165, 1.54) is 18.4 Å². The number of piperidine rings is 1. The predicted octanol–water partition coefficient (Wildman–Crippen LogP) is 4.66. The number of ether oxygens (including phenoxy) is 1. The van der Waals surface area contributed by atoms with Crippen LogP contribution in [0.5, 0.6) is 0 Å². The molecular formula is C22H33NO2. The SMILES string of the molecule is CC(C)C1CCC(OC(=O)C2CCN(Cc3ccccc3)CC2)CC1. The summed E-state index contributed by atoms with van der Waals surface area (Å²) >= 11 is 0. The molecule has 25 heavy (non-hydrogen) atoms. The van der Waals surface area contributed by atoms with Gasteiger partial charge in [0.25, 0.3) is 0 Å². The lowest BCUT2D eigenvalue weighted by Crippen LogP contribution is -2.38. The summed E-state index contributed by atoms with van der Waals surface area (Å²) in [6.45, 7) is 7.59. The van der Waals surface area contributed by atoms with Gasteiger partial charge in [-0.25, -0.2) is 0 Å². The van der Waals surface area contributed by atoms with E-state index in [2.05, 4.69) is 49.1 Å². The van der Waals surface area contributed by atoms with Crippen LogP contribution in [-0.4, -0.2) is 30.1 Å². The molecule has 0 aromatic heterocycles. The maximum Gasteiger partial charge on any atom is 0.309 e. The van der Waals surface area contributed by atoms with Gasteiger partial charge in [-0.15, -0.1) is 0 Å². The Morgan fingerprint density at radius 2 is 1.68 bits per heavy atom. The first-order valence-electron chi connectivity index (χ1n) is 10.1. The molecule has 3 heteroatoms. The van der Waals surface area contributed by atoms with E-state index in [0.717, 1.165) is 57.2 Å². The van der Waals surface area contributed by atoms with Crippen molar-refractivity contribution in [3.63, 3.8) is 0 Å². The van der Waals surface area contributed by atoms with Crippen molar-refractivity contribution in [3.8, 4) is 0 Å². The average molecular weight is 344 g/mol. The van der Waals surface area contributed by atoms with E-state index in [0.29, 0.717) is 0 Å². The number of esters is 1. The van der Waals surface area contributed by atoms with Crippen LogP contribution in [0, 0.1) is 17.8 Å². The summed E-state index contributed by atoms with van der Waals surface area (Å²) < 4.78 is 5.85. The summed E-state index contributed by atoms with van der Waals surface area (Å²) in [5.41, 5.74) is 1.35. The topological polar surface area (TPSA) is 29.5 Å². The first kappa shape index (κ1) is 18.4. The first-order chi connectivity index (χ1) is 12.1. The molecule has 1 aliphatic carbocycles. The van der Waals surface area contributed by atoms with Crippen LogP contribution in [0.1, 0.15) is 57.9 Å². The van der Waals surface area contributed by atoms with Crippen LogP contribution < -0.4 is 0 Å². The van der Waals surface area contributed by atoms with Crippen LogP contribution in [0.25, 0.3) is 0 Å². The summed E-state index contributed by atoms with van der Waals surface area (Å²) in [5, 5.41) is 0. The molecule has 2 fully saturated rings. The normalized spacial score (nSPS) is 25.9. The Morgan fingerprint density at radius 1 is 1.04 bits per heavy atom. The van der Waals surface area contributed by atoms with Gasteiger partial charge < -0.3 is 4.74 Å². The predicted molar refractivity (Wildman–Crippen MR) is 101 cm³/mol. The highest BCUT2D eigenvalue weighted by atomic mass is 16.5. The van der Waals surface area contributed by atoms with E-state index >= 15 is 0 Å². The maximum atomic E-state index is 12.5. The molecule has 1 heterocycles. The molecule has 2 aliphatic rings. The third-order valence-corrected chi connectivity index (χ3v) is 6.11. The zero-order chi connectivity index (χ0) is 17.6. The molecule has 1 aromatic rings. The lowest BCUT2D eigenvalue weighted by Gasteiger charge is -2.34. The second-order valence-electron chi connectivity index (χ2n) is 8.25. The number of rotatable bonds is 5. The number of carbonyl (C=O) groups is 1. The lowest BCUT2D eigenvalue weighted by atomic mass is 9.80. The maximum absolute atomic E-state index is 12.5. The van der Waals surface area contributed by atoms with Crippen molar-refractivity contribution in [1.29, 1.82) is 0 Å². The number of likely N-dealkylation sites (tertiary alicyclic amines) is 1. The van der Waals surface area contributed by atoms with Crippen LogP contribution in [0.3, 0.4) is 0 Å². The molecule has 0 unspecified atom stereocenters. The van der Waals surface area contributed by atoms with E-state index in [4.69, 9.17) is 4.74 Å². The highest BCUT2D eigenvalue weighted by Gasteiger charge is 2.30. The Bertz CT molecular complexity index is 526. The molecule has 3 rings (SSSR count). The summed E-state index contributed by atoms with van der Waals surface area (Å²) in [6, 6.07) is 10.6. The Hall–Kier alpha value is -1.35. The minimum Gasteiger partial charge on any atom is -0.462 e. The fourth-order valence-corrected chi connectivity index (χ4v) is 4.30. The summed E-state index contributed by atoms with van der Waals surface area (Å²) in [6.07, 6.45) is 6.59. The highest BCUT2D eigenvalue weighted by molar-refractivity contribution is 5.72. The van der Waals surface area contributed by atoms with Crippen molar-refractivity contribution < 1.29 is 9.53 Å². The second-order valence-corrected chi connectivity index (χ2v) is 8.25. The zero-order valence-corrected chi connectivity index (χ0v) is 15.8.